The second kappa shape index (κ2) is 12.8. The lowest BCUT2D eigenvalue weighted by Crippen LogP contribution is -2.51. The molecule has 0 aromatic heterocycles. The van der Waals surface area contributed by atoms with Crippen molar-refractivity contribution in [1.29, 1.82) is 0 Å². The Labute approximate surface area is 230 Å². The molecule has 0 bridgehead atoms. The van der Waals surface area contributed by atoms with Gasteiger partial charge in [0.15, 0.2) is 14.2 Å². The van der Waals surface area contributed by atoms with Crippen molar-refractivity contribution in [3.63, 3.8) is 0 Å². The summed E-state index contributed by atoms with van der Waals surface area (Å²) in [7, 11) is -2.06. The van der Waals surface area contributed by atoms with Crippen molar-refractivity contribution >= 4 is 20.3 Å². The Hall–Kier alpha value is -2.10. The third kappa shape index (κ3) is 7.73. The molecule has 1 aromatic rings. The van der Waals surface area contributed by atoms with E-state index in [0.29, 0.717) is 18.1 Å². The van der Waals surface area contributed by atoms with Crippen LogP contribution in [0.25, 0.3) is 0 Å². The van der Waals surface area contributed by atoms with E-state index in [0.717, 1.165) is 69.3 Å². The summed E-state index contributed by atoms with van der Waals surface area (Å²) in [5, 5.41) is 7.39. The summed E-state index contributed by atoms with van der Waals surface area (Å²) < 4.78 is 18.9. The number of fused-ring (bicyclic) bond motifs is 1. The molecule has 2 aliphatic rings. The van der Waals surface area contributed by atoms with Gasteiger partial charge < -0.3 is 25.0 Å². The maximum atomic E-state index is 12.1. The number of ether oxygens (including phenoxy) is 2. The summed E-state index contributed by atoms with van der Waals surface area (Å²) >= 11 is 0. The van der Waals surface area contributed by atoms with Gasteiger partial charge in [0.1, 0.15) is 11.4 Å². The first kappa shape index (κ1) is 30.4. The lowest BCUT2D eigenvalue weighted by molar-refractivity contribution is -0.0298. The molecule has 2 aliphatic heterocycles. The zero-order valence-corrected chi connectivity index (χ0v) is 25.5. The summed E-state index contributed by atoms with van der Waals surface area (Å²) in [5.74, 6) is 1.26. The minimum atomic E-state index is -2.06. The monoisotopic (exact) mass is 547 g/mol. The zero-order chi connectivity index (χ0) is 28.0. The van der Waals surface area contributed by atoms with Gasteiger partial charge in [0.2, 0.25) is 0 Å². The summed E-state index contributed by atoms with van der Waals surface area (Å²) in [6.07, 6.45) is 5.96. The van der Waals surface area contributed by atoms with Crippen LogP contribution in [-0.4, -0.2) is 45.6 Å². The van der Waals surface area contributed by atoms with Crippen molar-refractivity contribution in [2.45, 2.75) is 109 Å². The number of hydrogen-bond donors (Lipinski definition) is 2. The molecule has 8 nitrogen and oxygen atoms in total. The van der Waals surface area contributed by atoms with Gasteiger partial charge in [-0.3, -0.25) is 4.84 Å². The number of unbranched alkanes of at least 4 members (excludes halogenated alkanes) is 1. The highest BCUT2D eigenvalue weighted by atomic mass is 28.4. The van der Waals surface area contributed by atoms with Crippen LogP contribution >= 0.6 is 0 Å². The van der Waals surface area contributed by atoms with Crippen LogP contribution in [-0.2, 0) is 14.0 Å². The normalized spacial score (nSPS) is 20.4. The Bertz CT molecular complexity index is 969. The first-order chi connectivity index (χ1) is 17.9. The molecule has 2 atom stereocenters. The molecule has 2 unspecified atom stereocenters. The third-order valence-electron chi connectivity index (χ3n) is 8.49. The second-order valence-electron chi connectivity index (χ2n) is 12.4. The molecule has 0 aliphatic carbocycles. The molecule has 214 valence electrons. The van der Waals surface area contributed by atoms with Crippen LogP contribution in [0, 0.1) is 5.92 Å². The van der Waals surface area contributed by atoms with E-state index >= 15 is 0 Å². The van der Waals surface area contributed by atoms with E-state index in [1.807, 2.05) is 18.2 Å². The van der Waals surface area contributed by atoms with Crippen LogP contribution in [0.1, 0.15) is 96.8 Å². The highest BCUT2D eigenvalue weighted by Gasteiger charge is 2.46. The molecule has 0 amide bonds. The number of nitrogens with two attached hydrogens (primary N) is 1. The maximum Gasteiger partial charge on any atom is 0.535 e. The molecule has 0 radical (unpaired) electrons. The van der Waals surface area contributed by atoms with Crippen LogP contribution in [0.2, 0.25) is 18.1 Å². The largest absolute Gasteiger partial charge is 0.535 e. The Kier molecular flexibility index (Phi) is 10.3. The van der Waals surface area contributed by atoms with Gasteiger partial charge in [0.25, 0.3) is 0 Å². The summed E-state index contributed by atoms with van der Waals surface area (Å²) in [4.78, 5) is 17.1. The quantitative estimate of drug-likeness (QED) is 0.0844. The molecule has 3 N–H and O–H groups in total. The first-order valence-electron chi connectivity index (χ1n) is 14.3. The number of oxime groups is 1. The number of carbonyl (C=O) groups is 1. The third-order valence-corrected chi connectivity index (χ3v) is 13.0. The molecule has 3 rings (SSSR count). The number of carbonyl (C=O) groups excluding carboxylic acids is 1. The van der Waals surface area contributed by atoms with Gasteiger partial charge in [0, 0.05) is 17.5 Å². The van der Waals surface area contributed by atoms with Crippen molar-refractivity contribution in [3.8, 4) is 5.75 Å². The minimum absolute atomic E-state index is 0.0758. The average molecular weight is 548 g/mol. The molecular formula is C29H49N3O5Si. The van der Waals surface area contributed by atoms with E-state index in [9.17, 15) is 4.79 Å². The molecule has 1 saturated heterocycles. The van der Waals surface area contributed by atoms with Gasteiger partial charge in [0.05, 0.1) is 12.7 Å². The van der Waals surface area contributed by atoms with Gasteiger partial charge in [-0.05, 0) is 74.6 Å². The van der Waals surface area contributed by atoms with Crippen LogP contribution < -0.4 is 15.8 Å². The van der Waals surface area contributed by atoms with Gasteiger partial charge in [-0.1, -0.05) is 59.0 Å². The van der Waals surface area contributed by atoms with E-state index in [1.165, 1.54) is 0 Å². The van der Waals surface area contributed by atoms with Crippen molar-refractivity contribution in [1.82, 2.24) is 5.32 Å². The molecule has 1 fully saturated rings. The SMILES string of the molecule is CCCCC(CC)COC(=O)ON=C(N)c1ccc2c(c1)C(O[Si](C)(C)C(C)(C)C)CC1(CCNCC1)O2. The lowest BCUT2D eigenvalue weighted by Gasteiger charge is -2.47. The first-order valence-corrected chi connectivity index (χ1v) is 17.2. The Balaban J connectivity index is 1.77. The number of hydrogen-bond acceptors (Lipinski definition) is 7. The summed E-state index contributed by atoms with van der Waals surface area (Å²) in [6, 6.07) is 5.76. The van der Waals surface area contributed by atoms with E-state index in [1.54, 1.807) is 0 Å². The number of piperidine rings is 1. The Morgan fingerprint density at radius 1 is 1.26 bits per heavy atom. The van der Waals surface area contributed by atoms with E-state index in [2.05, 4.69) is 58.2 Å². The fraction of sp³-hybridized carbons (Fsp3) is 0.724. The second-order valence-corrected chi connectivity index (χ2v) is 17.2. The summed E-state index contributed by atoms with van der Waals surface area (Å²) in [5.41, 5.74) is 7.63. The van der Waals surface area contributed by atoms with Crippen LogP contribution in [0.3, 0.4) is 0 Å². The fourth-order valence-electron chi connectivity index (χ4n) is 4.85. The van der Waals surface area contributed by atoms with Crippen molar-refractivity contribution in [2.24, 2.45) is 16.8 Å². The molecule has 38 heavy (non-hydrogen) atoms. The van der Waals surface area contributed by atoms with E-state index in [-0.39, 0.29) is 22.6 Å². The van der Waals surface area contributed by atoms with Gasteiger partial charge in [-0.25, -0.2) is 4.79 Å². The molecule has 0 saturated carbocycles. The van der Waals surface area contributed by atoms with Crippen molar-refractivity contribution < 1.29 is 23.5 Å². The number of benzene rings is 1. The number of nitrogens with zero attached hydrogens (tertiary/aromatic N) is 1. The average Bonchev–Trinajstić information content (AvgIpc) is 2.86. The number of rotatable bonds is 10. The van der Waals surface area contributed by atoms with Crippen molar-refractivity contribution in [2.75, 3.05) is 19.7 Å². The topological polar surface area (TPSA) is 104 Å². The number of amidine groups is 1. The molecule has 2 heterocycles. The van der Waals surface area contributed by atoms with Crippen LogP contribution in [0.4, 0.5) is 4.79 Å². The standard InChI is InChI=1S/C29H49N3O5Si/c1-8-10-11-21(9-2)20-34-27(33)36-32-26(30)22-12-13-24-23(18-22)25(37-38(6,7)28(3,4)5)19-29(35-24)14-16-31-17-15-29/h12-13,18,21,25,31H,8-11,14-17,19-20H2,1-7H3,(H2,30,32). The predicted molar refractivity (Wildman–Crippen MR) is 154 cm³/mol. The summed E-state index contributed by atoms with van der Waals surface area (Å²) in [6.45, 7) is 17.8. The van der Waals surface area contributed by atoms with Crippen molar-refractivity contribution in [3.05, 3.63) is 29.3 Å². The smallest absolute Gasteiger partial charge is 0.487 e. The van der Waals surface area contributed by atoms with E-state index in [4.69, 9.17) is 24.5 Å². The van der Waals surface area contributed by atoms with Gasteiger partial charge >= 0.3 is 6.16 Å². The number of nitrogens with one attached hydrogen (secondary N) is 1. The van der Waals surface area contributed by atoms with Crippen LogP contribution in [0.15, 0.2) is 23.4 Å². The van der Waals surface area contributed by atoms with Gasteiger partial charge in [-0.15, -0.1) is 0 Å². The van der Waals surface area contributed by atoms with Crippen LogP contribution in [0.5, 0.6) is 5.75 Å². The molecule has 1 spiro atoms. The minimum Gasteiger partial charge on any atom is -0.487 e. The Morgan fingerprint density at radius 3 is 2.61 bits per heavy atom. The van der Waals surface area contributed by atoms with E-state index < -0.39 is 14.5 Å². The molecule has 1 aromatic carbocycles. The highest BCUT2D eigenvalue weighted by molar-refractivity contribution is 6.74. The Morgan fingerprint density at radius 2 is 1.97 bits per heavy atom. The van der Waals surface area contributed by atoms with Gasteiger partial charge in [-0.2, -0.15) is 0 Å². The fourth-order valence-corrected chi connectivity index (χ4v) is 6.13. The highest BCUT2D eigenvalue weighted by Crippen LogP contribution is 2.49. The zero-order valence-electron chi connectivity index (χ0n) is 24.5. The molecular weight excluding hydrogens is 498 g/mol. The lowest BCUT2D eigenvalue weighted by atomic mass is 9.82. The molecule has 9 heteroatoms. The maximum absolute atomic E-state index is 12.1. The predicted octanol–water partition coefficient (Wildman–Crippen LogP) is 6.64.